The number of nitrogens with one attached hydrogen (secondary N) is 1. The molecule has 3 aromatic heterocycles. The summed E-state index contributed by atoms with van der Waals surface area (Å²) in [7, 11) is 0. The van der Waals surface area contributed by atoms with Gasteiger partial charge >= 0.3 is 12.1 Å². The topological polar surface area (TPSA) is 141 Å². The number of fused-ring (bicyclic) bond motifs is 1. The molecule has 0 spiro atoms. The molecule has 0 unspecified atom stereocenters. The summed E-state index contributed by atoms with van der Waals surface area (Å²) in [5.41, 5.74) is 0.192. The Bertz CT molecular complexity index is 1400. The zero-order valence-corrected chi connectivity index (χ0v) is 17.3. The molecule has 33 heavy (non-hydrogen) atoms. The fourth-order valence-electron chi connectivity index (χ4n) is 3.02. The van der Waals surface area contributed by atoms with E-state index in [2.05, 4.69) is 15.3 Å². The van der Waals surface area contributed by atoms with Crippen LogP contribution in [0.1, 0.15) is 17.3 Å². The van der Waals surface area contributed by atoms with E-state index in [9.17, 15) is 19.5 Å². The Morgan fingerprint density at radius 3 is 2.73 bits per heavy atom. The van der Waals surface area contributed by atoms with Crippen LogP contribution in [0.3, 0.4) is 0 Å². The molecule has 4 aromatic rings. The lowest BCUT2D eigenvalue weighted by Crippen LogP contribution is -2.15. The van der Waals surface area contributed by atoms with E-state index in [1.807, 2.05) is 0 Å². The van der Waals surface area contributed by atoms with Gasteiger partial charge in [0.1, 0.15) is 11.5 Å². The Morgan fingerprint density at radius 1 is 1.12 bits per heavy atom. The number of pyridine rings is 2. The van der Waals surface area contributed by atoms with Crippen molar-refractivity contribution in [2.24, 2.45) is 0 Å². The smallest absolute Gasteiger partial charge is 0.411 e. The maximum absolute atomic E-state index is 12.5. The van der Waals surface area contributed by atoms with Crippen LogP contribution in [0.5, 0.6) is 11.5 Å². The third kappa shape index (κ3) is 4.64. The first kappa shape index (κ1) is 21.5. The number of aromatic nitrogens is 2. The van der Waals surface area contributed by atoms with Gasteiger partial charge in [-0.25, -0.2) is 9.59 Å². The van der Waals surface area contributed by atoms with Crippen molar-refractivity contribution in [2.75, 3.05) is 11.9 Å². The molecular weight excluding hydrogens is 430 g/mol. The highest BCUT2D eigenvalue weighted by molar-refractivity contribution is 5.94. The average molecular weight is 447 g/mol. The van der Waals surface area contributed by atoms with Gasteiger partial charge in [-0.15, -0.1) is 0 Å². The Morgan fingerprint density at radius 2 is 1.97 bits per heavy atom. The lowest BCUT2D eigenvalue weighted by Gasteiger charge is -2.13. The van der Waals surface area contributed by atoms with Crippen molar-refractivity contribution >= 4 is 28.7 Å². The molecule has 10 nitrogen and oxygen atoms in total. The average Bonchev–Trinajstić information content (AvgIpc) is 2.80. The van der Waals surface area contributed by atoms with Crippen molar-refractivity contribution in [3.63, 3.8) is 0 Å². The molecule has 0 bridgehead atoms. The lowest BCUT2D eigenvalue weighted by molar-refractivity contribution is 0.0734. The van der Waals surface area contributed by atoms with E-state index in [-0.39, 0.29) is 46.1 Å². The number of benzene rings is 1. The summed E-state index contributed by atoms with van der Waals surface area (Å²) >= 11 is 0. The first-order valence-corrected chi connectivity index (χ1v) is 9.77. The molecule has 0 atom stereocenters. The second-order valence-corrected chi connectivity index (χ2v) is 6.69. The molecule has 0 aliphatic heterocycles. The molecule has 4 rings (SSSR count). The highest BCUT2D eigenvalue weighted by Gasteiger charge is 2.17. The van der Waals surface area contributed by atoms with E-state index in [1.165, 1.54) is 42.9 Å². The molecule has 1 amide bonds. The minimum absolute atomic E-state index is 0.0540. The van der Waals surface area contributed by atoms with Crippen molar-refractivity contribution in [3.8, 4) is 22.8 Å². The molecule has 0 saturated heterocycles. The molecule has 0 saturated carbocycles. The number of hydrogen-bond donors (Lipinski definition) is 2. The lowest BCUT2D eigenvalue weighted by atomic mass is 10.1. The van der Waals surface area contributed by atoms with E-state index >= 15 is 0 Å². The van der Waals surface area contributed by atoms with Gasteiger partial charge in [0, 0.05) is 36.3 Å². The van der Waals surface area contributed by atoms with Gasteiger partial charge in [0.05, 0.1) is 29.4 Å². The SMILES string of the molecule is CCOC(=O)Nc1cc(OC(=O)c2cccnc2)ccc1-c1cc(=O)c2cncc(O)c2o1. The number of carbonyl (C=O) groups excluding carboxylic acids is 2. The molecule has 1 aromatic carbocycles. The third-order valence-electron chi connectivity index (χ3n) is 4.49. The van der Waals surface area contributed by atoms with E-state index < -0.39 is 17.5 Å². The van der Waals surface area contributed by atoms with Crippen molar-refractivity contribution in [2.45, 2.75) is 6.92 Å². The highest BCUT2D eigenvalue weighted by atomic mass is 16.5. The Labute approximate surface area is 186 Å². The van der Waals surface area contributed by atoms with Crippen LogP contribution in [0.2, 0.25) is 0 Å². The normalized spacial score (nSPS) is 10.6. The van der Waals surface area contributed by atoms with Crippen LogP contribution in [0.15, 0.2) is 70.4 Å². The minimum atomic E-state index is -0.760. The van der Waals surface area contributed by atoms with Crippen molar-refractivity contribution in [1.82, 2.24) is 9.97 Å². The number of ether oxygens (including phenoxy) is 2. The van der Waals surface area contributed by atoms with Crippen LogP contribution in [0.25, 0.3) is 22.3 Å². The molecular formula is C23H17N3O7. The largest absolute Gasteiger partial charge is 0.503 e. The molecule has 3 heterocycles. The van der Waals surface area contributed by atoms with Gasteiger partial charge in [0.15, 0.2) is 16.8 Å². The molecule has 0 fully saturated rings. The number of nitrogens with zero attached hydrogens (tertiary/aromatic N) is 2. The molecule has 2 N–H and O–H groups in total. The molecule has 0 aliphatic rings. The maximum atomic E-state index is 12.5. The minimum Gasteiger partial charge on any atom is -0.503 e. The number of carbonyl (C=O) groups is 2. The van der Waals surface area contributed by atoms with Gasteiger partial charge < -0.3 is 19.0 Å². The zero-order chi connectivity index (χ0) is 23.4. The van der Waals surface area contributed by atoms with Gasteiger partial charge in [0.2, 0.25) is 0 Å². The highest BCUT2D eigenvalue weighted by Crippen LogP contribution is 2.34. The summed E-state index contributed by atoms with van der Waals surface area (Å²) in [6.07, 6.45) is 4.55. The Balaban J connectivity index is 1.77. The number of aromatic hydroxyl groups is 1. The quantitative estimate of drug-likeness (QED) is 0.346. The molecule has 0 radical (unpaired) electrons. The summed E-state index contributed by atoms with van der Waals surface area (Å²) in [5, 5.41) is 12.7. The zero-order valence-electron chi connectivity index (χ0n) is 17.3. The van der Waals surface area contributed by atoms with Gasteiger partial charge in [0.25, 0.3) is 0 Å². The number of amides is 1. The van der Waals surface area contributed by atoms with Crippen LogP contribution in [0.4, 0.5) is 10.5 Å². The van der Waals surface area contributed by atoms with E-state index in [4.69, 9.17) is 13.9 Å². The van der Waals surface area contributed by atoms with E-state index in [0.717, 1.165) is 6.20 Å². The summed E-state index contributed by atoms with van der Waals surface area (Å²) in [4.78, 5) is 44.7. The van der Waals surface area contributed by atoms with E-state index in [1.54, 1.807) is 19.1 Å². The van der Waals surface area contributed by atoms with Crippen molar-refractivity contribution < 1.29 is 28.6 Å². The van der Waals surface area contributed by atoms with Crippen molar-refractivity contribution in [1.29, 1.82) is 0 Å². The summed E-state index contributed by atoms with van der Waals surface area (Å²) < 4.78 is 16.0. The Hall–Kier alpha value is -4.73. The van der Waals surface area contributed by atoms with Crippen molar-refractivity contribution in [3.05, 3.63) is 77.0 Å². The maximum Gasteiger partial charge on any atom is 0.411 e. The number of rotatable bonds is 5. The Kier molecular flexibility index (Phi) is 5.98. The second-order valence-electron chi connectivity index (χ2n) is 6.69. The summed E-state index contributed by atoms with van der Waals surface area (Å²) in [6.45, 7) is 1.77. The predicted octanol–water partition coefficient (Wildman–Crippen LogP) is 3.74. The number of hydrogen-bond acceptors (Lipinski definition) is 9. The van der Waals surface area contributed by atoms with Crippen LogP contribution >= 0.6 is 0 Å². The fraction of sp³-hybridized carbons (Fsp3) is 0.0870. The van der Waals surface area contributed by atoms with Gasteiger partial charge in [-0.2, -0.15) is 0 Å². The molecule has 0 aliphatic carbocycles. The second kappa shape index (κ2) is 9.18. The first-order valence-electron chi connectivity index (χ1n) is 9.77. The standard InChI is InChI=1S/C23H17N3O7/c1-2-31-23(30)26-17-8-14(32-22(29)13-4-3-7-24-10-13)5-6-15(17)20-9-18(27)16-11-25-12-19(28)21(16)33-20/h3-12,28H,2H2,1H3,(H,26,30). The number of anilines is 1. The fourth-order valence-corrected chi connectivity index (χ4v) is 3.02. The van der Waals surface area contributed by atoms with Crippen LogP contribution < -0.4 is 15.5 Å². The molecule has 10 heteroatoms. The third-order valence-corrected chi connectivity index (χ3v) is 4.49. The van der Waals surface area contributed by atoms with Gasteiger partial charge in [-0.3, -0.25) is 20.1 Å². The summed E-state index contributed by atoms with van der Waals surface area (Å²) in [6, 6.07) is 8.70. The van der Waals surface area contributed by atoms with E-state index in [0.29, 0.717) is 5.56 Å². The van der Waals surface area contributed by atoms with Crippen LogP contribution in [-0.4, -0.2) is 33.7 Å². The number of esters is 1. The summed E-state index contributed by atoms with van der Waals surface area (Å²) in [5.74, 6) is -0.776. The first-order chi connectivity index (χ1) is 16.0. The monoisotopic (exact) mass is 447 g/mol. The molecule has 166 valence electrons. The van der Waals surface area contributed by atoms with Gasteiger partial charge in [-0.05, 0) is 31.2 Å². The van der Waals surface area contributed by atoms with Gasteiger partial charge in [-0.1, -0.05) is 0 Å². The predicted molar refractivity (Wildman–Crippen MR) is 117 cm³/mol. The van der Waals surface area contributed by atoms with Crippen LogP contribution in [0, 0.1) is 0 Å². The van der Waals surface area contributed by atoms with Crippen LogP contribution in [-0.2, 0) is 4.74 Å².